The van der Waals surface area contributed by atoms with E-state index < -0.39 is 0 Å². The number of nitriles is 1. The van der Waals surface area contributed by atoms with Gasteiger partial charge in [-0.3, -0.25) is 5.10 Å². The molecule has 1 unspecified atom stereocenters. The van der Waals surface area contributed by atoms with Gasteiger partial charge in [-0.15, -0.1) is 5.10 Å². The van der Waals surface area contributed by atoms with E-state index in [1.54, 1.807) is 0 Å². The second-order valence-corrected chi connectivity index (χ2v) is 6.54. The van der Waals surface area contributed by atoms with E-state index in [2.05, 4.69) is 54.4 Å². The van der Waals surface area contributed by atoms with Crippen LogP contribution in [0.2, 0.25) is 0 Å². The highest BCUT2D eigenvalue weighted by Crippen LogP contribution is 2.44. The molecule has 3 aromatic rings. The van der Waals surface area contributed by atoms with Crippen molar-refractivity contribution in [2.45, 2.75) is 25.7 Å². The van der Waals surface area contributed by atoms with Gasteiger partial charge in [0.15, 0.2) is 0 Å². The fraction of sp³-hybridized carbons (Fsp3) is 0.200. The molecule has 0 fully saturated rings. The van der Waals surface area contributed by atoms with E-state index in [0.29, 0.717) is 11.5 Å². The van der Waals surface area contributed by atoms with Crippen LogP contribution in [-0.4, -0.2) is 10.2 Å². The Balaban J connectivity index is 1.97. The van der Waals surface area contributed by atoms with Crippen molar-refractivity contribution in [1.29, 1.82) is 5.26 Å². The van der Waals surface area contributed by atoms with E-state index in [9.17, 15) is 5.26 Å². The summed E-state index contributed by atoms with van der Waals surface area (Å²) in [5.41, 5.74) is 9.30. The minimum absolute atomic E-state index is 0.120. The smallest absolute Gasteiger partial charge is 0.244 e. The van der Waals surface area contributed by atoms with E-state index in [4.69, 9.17) is 10.5 Å². The lowest BCUT2D eigenvalue weighted by Gasteiger charge is -2.25. The minimum Gasteiger partial charge on any atom is -0.420 e. The second kappa shape index (κ2) is 5.67. The Labute approximate surface area is 145 Å². The summed E-state index contributed by atoms with van der Waals surface area (Å²) in [5.74, 6) is 0.518. The van der Waals surface area contributed by atoms with E-state index in [1.807, 2.05) is 18.2 Å². The summed E-state index contributed by atoms with van der Waals surface area (Å²) in [5, 5.41) is 19.3. The van der Waals surface area contributed by atoms with Crippen molar-refractivity contribution in [3.63, 3.8) is 0 Å². The minimum atomic E-state index is -0.283. The Morgan fingerprint density at radius 2 is 1.96 bits per heavy atom. The zero-order chi connectivity index (χ0) is 17.6. The van der Waals surface area contributed by atoms with Crippen molar-refractivity contribution in [1.82, 2.24) is 10.2 Å². The number of nitrogens with zero attached hydrogens (tertiary/aromatic N) is 2. The van der Waals surface area contributed by atoms with Gasteiger partial charge in [0.25, 0.3) is 0 Å². The molecule has 1 aliphatic rings. The summed E-state index contributed by atoms with van der Waals surface area (Å²) in [7, 11) is 0. The molecule has 5 nitrogen and oxygen atoms in total. The first kappa shape index (κ1) is 15.3. The van der Waals surface area contributed by atoms with Crippen LogP contribution in [0.4, 0.5) is 0 Å². The van der Waals surface area contributed by atoms with Gasteiger partial charge in [0, 0.05) is 5.69 Å². The number of aromatic nitrogens is 2. The Hall–Kier alpha value is -3.26. The number of allylic oxidation sites excluding steroid dienone is 1. The second-order valence-electron chi connectivity index (χ2n) is 6.54. The Bertz CT molecular complexity index is 1040. The van der Waals surface area contributed by atoms with Gasteiger partial charge in [0.2, 0.25) is 11.8 Å². The summed E-state index contributed by atoms with van der Waals surface area (Å²) in [4.78, 5) is 0. The lowest BCUT2D eigenvalue weighted by Crippen LogP contribution is -2.21. The highest BCUT2D eigenvalue weighted by molar-refractivity contribution is 5.83. The SMILES string of the molecule is CC(C)c1[nH]nc2c1C(c1ccc3ccccc3c1)C(C#N)=C(N)O2. The maximum atomic E-state index is 9.70. The maximum Gasteiger partial charge on any atom is 0.244 e. The maximum absolute atomic E-state index is 9.70. The number of benzene rings is 2. The fourth-order valence-corrected chi connectivity index (χ4v) is 3.43. The summed E-state index contributed by atoms with van der Waals surface area (Å²) < 4.78 is 5.60. The average molecular weight is 330 g/mol. The molecule has 2 heterocycles. The van der Waals surface area contributed by atoms with Gasteiger partial charge in [0.1, 0.15) is 11.6 Å². The van der Waals surface area contributed by atoms with Gasteiger partial charge in [-0.1, -0.05) is 56.3 Å². The van der Waals surface area contributed by atoms with E-state index in [1.165, 1.54) is 0 Å². The molecular weight excluding hydrogens is 312 g/mol. The fourth-order valence-electron chi connectivity index (χ4n) is 3.43. The summed E-state index contributed by atoms with van der Waals surface area (Å²) in [6.45, 7) is 4.16. The quantitative estimate of drug-likeness (QED) is 0.746. The molecule has 1 aromatic heterocycles. The topological polar surface area (TPSA) is 87.7 Å². The highest BCUT2D eigenvalue weighted by Gasteiger charge is 2.35. The van der Waals surface area contributed by atoms with Crippen molar-refractivity contribution < 1.29 is 4.74 Å². The van der Waals surface area contributed by atoms with Crippen LogP contribution in [-0.2, 0) is 0 Å². The number of hydrogen-bond acceptors (Lipinski definition) is 4. The predicted molar refractivity (Wildman–Crippen MR) is 95.9 cm³/mol. The number of hydrogen-bond donors (Lipinski definition) is 2. The van der Waals surface area contributed by atoms with E-state index >= 15 is 0 Å². The molecule has 0 aliphatic carbocycles. The van der Waals surface area contributed by atoms with Gasteiger partial charge in [0.05, 0.1) is 11.5 Å². The van der Waals surface area contributed by atoms with Gasteiger partial charge in [-0.2, -0.15) is 5.26 Å². The van der Waals surface area contributed by atoms with Crippen LogP contribution in [0.5, 0.6) is 5.88 Å². The standard InChI is InChI=1S/C20H18N4O/c1-11(2)18-17-16(15(10-21)19(22)25-20(17)24-23-18)14-8-7-12-5-3-4-6-13(12)9-14/h3-9,11,16H,22H2,1-2H3,(H,23,24). The zero-order valence-corrected chi connectivity index (χ0v) is 14.1. The van der Waals surface area contributed by atoms with Crippen molar-refractivity contribution in [2.75, 3.05) is 0 Å². The summed E-state index contributed by atoms with van der Waals surface area (Å²) in [6, 6.07) is 16.6. The number of ether oxygens (including phenoxy) is 1. The molecule has 2 aromatic carbocycles. The molecule has 3 N–H and O–H groups in total. The van der Waals surface area contributed by atoms with Crippen LogP contribution >= 0.6 is 0 Å². The third-order valence-electron chi connectivity index (χ3n) is 4.65. The van der Waals surface area contributed by atoms with Crippen LogP contribution in [0, 0.1) is 11.3 Å². The van der Waals surface area contributed by atoms with Crippen LogP contribution < -0.4 is 10.5 Å². The van der Waals surface area contributed by atoms with Gasteiger partial charge < -0.3 is 10.5 Å². The predicted octanol–water partition coefficient (Wildman–Crippen LogP) is 3.90. The number of nitrogens with one attached hydrogen (secondary N) is 1. The number of aromatic amines is 1. The largest absolute Gasteiger partial charge is 0.420 e. The Kier molecular flexibility index (Phi) is 3.47. The molecule has 0 saturated carbocycles. The van der Waals surface area contributed by atoms with Gasteiger partial charge in [-0.05, 0) is 22.3 Å². The van der Waals surface area contributed by atoms with Crippen LogP contribution in [0.3, 0.4) is 0 Å². The third-order valence-corrected chi connectivity index (χ3v) is 4.65. The third kappa shape index (κ3) is 2.34. The van der Waals surface area contributed by atoms with Crippen molar-refractivity contribution in [3.8, 4) is 11.9 Å². The van der Waals surface area contributed by atoms with Crippen molar-refractivity contribution in [3.05, 3.63) is 70.7 Å². The van der Waals surface area contributed by atoms with Crippen LogP contribution in [0.15, 0.2) is 53.9 Å². The molecule has 0 radical (unpaired) electrons. The molecule has 4 rings (SSSR count). The molecule has 5 heteroatoms. The molecule has 0 spiro atoms. The van der Waals surface area contributed by atoms with Crippen molar-refractivity contribution >= 4 is 10.8 Å². The van der Waals surface area contributed by atoms with Gasteiger partial charge in [-0.25, -0.2) is 0 Å². The Morgan fingerprint density at radius 1 is 1.20 bits per heavy atom. The van der Waals surface area contributed by atoms with Crippen LogP contribution in [0.1, 0.15) is 42.5 Å². The molecule has 0 bridgehead atoms. The molecule has 1 atom stereocenters. The number of rotatable bonds is 2. The van der Waals surface area contributed by atoms with Crippen molar-refractivity contribution in [2.24, 2.45) is 5.73 Å². The normalized spacial score (nSPS) is 16.6. The lowest BCUT2D eigenvalue weighted by molar-refractivity contribution is 0.378. The van der Waals surface area contributed by atoms with E-state index in [0.717, 1.165) is 27.6 Å². The first-order chi connectivity index (χ1) is 12.1. The summed E-state index contributed by atoms with van der Waals surface area (Å²) >= 11 is 0. The first-order valence-electron chi connectivity index (χ1n) is 8.24. The Morgan fingerprint density at radius 3 is 2.68 bits per heavy atom. The average Bonchev–Trinajstić information content (AvgIpc) is 3.03. The first-order valence-corrected chi connectivity index (χ1v) is 8.24. The van der Waals surface area contributed by atoms with E-state index in [-0.39, 0.29) is 17.7 Å². The monoisotopic (exact) mass is 330 g/mol. The zero-order valence-electron chi connectivity index (χ0n) is 14.1. The molecule has 0 amide bonds. The highest BCUT2D eigenvalue weighted by atomic mass is 16.5. The van der Waals surface area contributed by atoms with Gasteiger partial charge >= 0.3 is 0 Å². The molecular formula is C20H18N4O. The summed E-state index contributed by atoms with van der Waals surface area (Å²) in [6.07, 6.45) is 0. The molecule has 25 heavy (non-hydrogen) atoms. The number of fused-ring (bicyclic) bond motifs is 2. The molecule has 0 saturated heterocycles. The van der Waals surface area contributed by atoms with Crippen LogP contribution in [0.25, 0.3) is 10.8 Å². The lowest BCUT2D eigenvalue weighted by atomic mass is 9.82. The molecule has 1 aliphatic heterocycles. The molecule has 124 valence electrons. The number of nitrogens with two attached hydrogens (primary N) is 1. The number of H-pyrrole nitrogens is 1.